The van der Waals surface area contributed by atoms with Gasteiger partial charge in [0.15, 0.2) is 0 Å². The van der Waals surface area contributed by atoms with Crippen LogP contribution in [0.1, 0.15) is 22.8 Å². The van der Waals surface area contributed by atoms with E-state index < -0.39 is 33.6 Å². The second kappa shape index (κ2) is 6.87. The predicted molar refractivity (Wildman–Crippen MR) is 94.4 cm³/mol. The number of amides is 2. The standard InChI is InChI=1S/C18H17FN2O4S/c1-12-11-26(24,25)21(18(12)23)15-7-4-6-13(9-15)17(22)20-10-14-5-2-3-8-16(14)19/h2-9,12H,10-11H2,1H3,(H,20,22)/t12-/m0/s1. The summed E-state index contributed by atoms with van der Waals surface area (Å²) >= 11 is 0. The van der Waals surface area contributed by atoms with Gasteiger partial charge in [0.2, 0.25) is 15.9 Å². The van der Waals surface area contributed by atoms with Crippen molar-refractivity contribution in [2.24, 2.45) is 5.92 Å². The second-order valence-corrected chi connectivity index (χ2v) is 7.97. The lowest BCUT2D eigenvalue weighted by Crippen LogP contribution is -2.30. The van der Waals surface area contributed by atoms with Crippen LogP contribution in [0.15, 0.2) is 48.5 Å². The lowest BCUT2D eigenvalue weighted by atomic mass is 10.1. The van der Waals surface area contributed by atoms with E-state index in [4.69, 9.17) is 0 Å². The number of benzene rings is 2. The molecule has 26 heavy (non-hydrogen) atoms. The van der Waals surface area contributed by atoms with Gasteiger partial charge in [-0.3, -0.25) is 9.59 Å². The molecule has 2 amide bonds. The van der Waals surface area contributed by atoms with Gasteiger partial charge in [0.1, 0.15) is 5.82 Å². The van der Waals surface area contributed by atoms with Crippen LogP contribution < -0.4 is 9.62 Å². The first-order chi connectivity index (χ1) is 12.3. The van der Waals surface area contributed by atoms with Gasteiger partial charge in [-0.05, 0) is 24.3 Å². The average Bonchev–Trinajstić information content (AvgIpc) is 2.81. The number of nitrogens with one attached hydrogen (secondary N) is 1. The molecule has 1 aliphatic heterocycles. The molecule has 1 saturated heterocycles. The number of halogens is 1. The Kier molecular flexibility index (Phi) is 4.78. The van der Waals surface area contributed by atoms with E-state index in [2.05, 4.69) is 5.32 Å². The van der Waals surface area contributed by atoms with E-state index in [1.165, 1.54) is 30.3 Å². The molecule has 0 spiro atoms. The van der Waals surface area contributed by atoms with E-state index in [0.29, 0.717) is 5.56 Å². The molecule has 0 aromatic heterocycles. The minimum atomic E-state index is -3.74. The van der Waals surface area contributed by atoms with Crippen LogP contribution >= 0.6 is 0 Å². The molecule has 1 fully saturated rings. The summed E-state index contributed by atoms with van der Waals surface area (Å²) in [7, 11) is -3.74. The smallest absolute Gasteiger partial charge is 0.251 e. The average molecular weight is 376 g/mol. The Morgan fingerprint density at radius 3 is 2.62 bits per heavy atom. The Morgan fingerprint density at radius 2 is 1.96 bits per heavy atom. The first kappa shape index (κ1) is 18.1. The quantitative estimate of drug-likeness (QED) is 0.885. The van der Waals surface area contributed by atoms with E-state index in [0.717, 1.165) is 4.31 Å². The molecule has 8 heteroatoms. The van der Waals surface area contributed by atoms with Crippen molar-refractivity contribution in [3.63, 3.8) is 0 Å². The van der Waals surface area contributed by atoms with Crippen LogP contribution in [0.2, 0.25) is 0 Å². The summed E-state index contributed by atoms with van der Waals surface area (Å²) in [5, 5.41) is 2.58. The zero-order valence-corrected chi connectivity index (χ0v) is 14.8. The van der Waals surface area contributed by atoms with Gasteiger partial charge in [0, 0.05) is 17.7 Å². The predicted octanol–water partition coefficient (Wildman–Crippen LogP) is 2.07. The molecule has 6 nitrogen and oxygen atoms in total. The molecule has 1 heterocycles. The fourth-order valence-electron chi connectivity index (χ4n) is 2.78. The minimum absolute atomic E-state index is 0.00624. The Morgan fingerprint density at radius 1 is 1.23 bits per heavy atom. The third-order valence-electron chi connectivity index (χ3n) is 4.10. The topological polar surface area (TPSA) is 83.6 Å². The highest BCUT2D eigenvalue weighted by atomic mass is 32.2. The first-order valence-corrected chi connectivity index (χ1v) is 9.59. The van der Waals surface area contributed by atoms with Gasteiger partial charge in [-0.15, -0.1) is 0 Å². The fourth-order valence-corrected chi connectivity index (χ4v) is 4.59. The van der Waals surface area contributed by atoms with Crippen molar-refractivity contribution in [2.45, 2.75) is 13.5 Å². The molecule has 1 atom stereocenters. The summed E-state index contributed by atoms with van der Waals surface area (Å²) in [5.41, 5.74) is 0.641. The Bertz CT molecular complexity index is 975. The van der Waals surface area contributed by atoms with Gasteiger partial charge in [-0.2, -0.15) is 0 Å². The summed E-state index contributed by atoms with van der Waals surface area (Å²) in [4.78, 5) is 24.5. The third-order valence-corrected chi connectivity index (χ3v) is 5.97. The Labute approximate surface area is 150 Å². The second-order valence-electron chi connectivity index (χ2n) is 6.11. The number of carbonyl (C=O) groups excluding carboxylic acids is 2. The van der Waals surface area contributed by atoms with Crippen molar-refractivity contribution < 1.29 is 22.4 Å². The van der Waals surface area contributed by atoms with Crippen LogP contribution in [0.25, 0.3) is 0 Å². The molecular formula is C18H17FN2O4S. The van der Waals surface area contributed by atoms with Crippen LogP contribution in [0.3, 0.4) is 0 Å². The maximum atomic E-state index is 13.6. The lowest BCUT2D eigenvalue weighted by molar-refractivity contribution is -0.119. The van der Waals surface area contributed by atoms with Gasteiger partial charge >= 0.3 is 0 Å². The van der Waals surface area contributed by atoms with E-state index in [9.17, 15) is 22.4 Å². The van der Waals surface area contributed by atoms with E-state index >= 15 is 0 Å². The van der Waals surface area contributed by atoms with Crippen molar-refractivity contribution in [1.29, 1.82) is 0 Å². The monoisotopic (exact) mass is 376 g/mol. The maximum Gasteiger partial charge on any atom is 0.251 e. The van der Waals surface area contributed by atoms with Crippen molar-refractivity contribution in [3.8, 4) is 0 Å². The summed E-state index contributed by atoms with van der Waals surface area (Å²) < 4.78 is 38.7. The van der Waals surface area contributed by atoms with Crippen LogP contribution in [0.5, 0.6) is 0 Å². The highest BCUT2D eigenvalue weighted by molar-refractivity contribution is 7.94. The van der Waals surface area contributed by atoms with E-state index in [1.807, 2.05) is 0 Å². The first-order valence-electron chi connectivity index (χ1n) is 7.98. The molecule has 0 bridgehead atoms. The summed E-state index contributed by atoms with van der Waals surface area (Å²) in [6.07, 6.45) is 0. The number of anilines is 1. The van der Waals surface area contributed by atoms with Gasteiger partial charge < -0.3 is 5.32 Å². The molecule has 136 valence electrons. The van der Waals surface area contributed by atoms with Crippen LogP contribution in [0, 0.1) is 11.7 Å². The Balaban J connectivity index is 1.80. The zero-order valence-electron chi connectivity index (χ0n) is 14.0. The Hall–Kier alpha value is -2.74. The molecule has 0 unspecified atom stereocenters. The molecular weight excluding hydrogens is 359 g/mol. The van der Waals surface area contributed by atoms with Crippen molar-refractivity contribution in [2.75, 3.05) is 10.1 Å². The van der Waals surface area contributed by atoms with E-state index in [1.54, 1.807) is 25.1 Å². The molecule has 0 radical (unpaired) electrons. The number of rotatable bonds is 4. The molecule has 0 aliphatic carbocycles. The summed E-state index contributed by atoms with van der Waals surface area (Å²) in [6.45, 7) is 1.54. The molecule has 1 N–H and O–H groups in total. The lowest BCUT2D eigenvalue weighted by Gasteiger charge is -2.16. The summed E-state index contributed by atoms with van der Waals surface area (Å²) in [5.74, 6) is -2.32. The minimum Gasteiger partial charge on any atom is -0.348 e. The zero-order chi connectivity index (χ0) is 18.9. The van der Waals surface area contributed by atoms with Crippen molar-refractivity contribution in [3.05, 3.63) is 65.5 Å². The molecule has 2 aromatic rings. The molecule has 1 aliphatic rings. The van der Waals surface area contributed by atoms with Crippen LogP contribution in [-0.2, 0) is 21.4 Å². The molecule has 2 aromatic carbocycles. The number of hydrogen-bond acceptors (Lipinski definition) is 4. The van der Waals surface area contributed by atoms with Crippen molar-refractivity contribution in [1.82, 2.24) is 5.32 Å². The van der Waals surface area contributed by atoms with Gasteiger partial charge in [-0.1, -0.05) is 31.2 Å². The third kappa shape index (κ3) is 3.45. The number of carbonyl (C=O) groups is 2. The summed E-state index contributed by atoms with van der Waals surface area (Å²) in [6, 6.07) is 11.9. The normalized spacial score (nSPS) is 18.8. The van der Waals surface area contributed by atoms with Gasteiger partial charge in [0.05, 0.1) is 17.4 Å². The highest BCUT2D eigenvalue weighted by Gasteiger charge is 2.42. The van der Waals surface area contributed by atoms with Crippen LogP contribution in [0.4, 0.5) is 10.1 Å². The fraction of sp³-hybridized carbons (Fsp3) is 0.222. The van der Waals surface area contributed by atoms with Gasteiger partial charge in [-0.25, -0.2) is 17.1 Å². The number of sulfonamides is 1. The molecule has 3 rings (SSSR count). The SMILES string of the molecule is C[C@H]1CS(=O)(=O)N(c2cccc(C(=O)NCc3ccccc3F)c2)C1=O. The maximum absolute atomic E-state index is 13.6. The van der Waals surface area contributed by atoms with Gasteiger partial charge in [0.25, 0.3) is 5.91 Å². The largest absolute Gasteiger partial charge is 0.348 e. The van der Waals surface area contributed by atoms with Crippen LogP contribution in [-0.4, -0.2) is 26.0 Å². The number of hydrogen-bond donors (Lipinski definition) is 1. The number of nitrogens with zero attached hydrogens (tertiary/aromatic N) is 1. The van der Waals surface area contributed by atoms with E-state index in [-0.39, 0.29) is 23.5 Å². The van der Waals surface area contributed by atoms with Crippen molar-refractivity contribution >= 4 is 27.5 Å². The molecule has 0 saturated carbocycles. The highest BCUT2D eigenvalue weighted by Crippen LogP contribution is 2.28.